The summed E-state index contributed by atoms with van der Waals surface area (Å²) in [7, 11) is 1.65. The predicted octanol–water partition coefficient (Wildman–Crippen LogP) is 4.81. The van der Waals surface area contributed by atoms with Crippen LogP contribution in [-0.4, -0.2) is 41.7 Å². The van der Waals surface area contributed by atoms with Crippen LogP contribution in [0.25, 0.3) is 10.9 Å². The third-order valence-electron chi connectivity index (χ3n) is 5.22. The van der Waals surface area contributed by atoms with Gasteiger partial charge in [0, 0.05) is 41.1 Å². The molecule has 3 aromatic rings. The van der Waals surface area contributed by atoms with E-state index >= 15 is 0 Å². The van der Waals surface area contributed by atoms with Gasteiger partial charge >= 0.3 is 0 Å². The number of H-pyrrole nitrogens is 1. The average Bonchev–Trinajstić information content (AvgIpc) is 2.96. The summed E-state index contributed by atoms with van der Waals surface area (Å²) >= 11 is 1.96. The Labute approximate surface area is 163 Å². The minimum Gasteiger partial charge on any atom is -0.497 e. The molecule has 1 atom stereocenters. The molecular weight excluding hydrogens is 356 g/mol. The predicted molar refractivity (Wildman–Crippen MR) is 112 cm³/mol. The van der Waals surface area contributed by atoms with Crippen molar-refractivity contribution in [1.82, 2.24) is 9.88 Å². The molecule has 1 amide bonds. The van der Waals surface area contributed by atoms with Crippen molar-refractivity contribution in [3.05, 3.63) is 65.4 Å². The number of nitrogens with one attached hydrogen (secondary N) is 1. The molecule has 4 nitrogen and oxygen atoms in total. The molecule has 1 aromatic heterocycles. The highest BCUT2D eigenvalue weighted by molar-refractivity contribution is 7.99. The van der Waals surface area contributed by atoms with Crippen LogP contribution in [0.5, 0.6) is 5.75 Å². The molecule has 0 bridgehead atoms. The number of aromatic nitrogens is 1. The Kier molecular flexibility index (Phi) is 5.12. The van der Waals surface area contributed by atoms with Crippen LogP contribution in [0.4, 0.5) is 0 Å². The van der Waals surface area contributed by atoms with Gasteiger partial charge < -0.3 is 14.6 Å². The van der Waals surface area contributed by atoms with E-state index in [2.05, 4.69) is 36.2 Å². The molecule has 2 aromatic carbocycles. The maximum Gasteiger partial charge on any atom is 0.270 e. The van der Waals surface area contributed by atoms with E-state index in [1.807, 2.05) is 40.9 Å². The zero-order chi connectivity index (χ0) is 18.8. The summed E-state index contributed by atoms with van der Waals surface area (Å²) in [4.78, 5) is 18.3. The van der Waals surface area contributed by atoms with Gasteiger partial charge in [-0.15, -0.1) is 0 Å². The Bertz CT molecular complexity index is 966. The quantitative estimate of drug-likeness (QED) is 0.709. The van der Waals surface area contributed by atoms with Crippen LogP contribution in [0.3, 0.4) is 0 Å². The third-order valence-corrected chi connectivity index (χ3v) is 6.53. The monoisotopic (exact) mass is 380 g/mol. The second-order valence-electron chi connectivity index (χ2n) is 6.93. The first kappa shape index (κ1) is 18.0. The van der Waals surface area contributed by atoms with E-state index in [4.69, 9.17) is 4.74 Å². The number of methoxy groups -OCH3 is 1. The number of rotatable bonds is 3. The van der Waals surface area contributed by atoms with E-state index in [-0.39, 0.29) is 5.91 Å². The second-order valence-corrected chi connectivity index (χ2v) is 8.24. The molecule has 0 saturated carbocycles. The van der Waals surface area contributed by atoms with Crippen LogP contribution in [-0.2, 0) is 0 Å². The number of thioether (sulfide) groups is 1. The lowest BCUT2D eigenvalue weighted by molar-refractivity contribution is 0.0761. The van der Waals surface area contributed by atoms with Gasteiger partial charge in [-0.1, -0.05) is 24.3 Å². The molecule has 1 saturated heterocycles. The SMILES string of the molecule is COc1ccc2cc(C(=O)N3CCS[C@H](c4ccccc4C)CC3)[nH]c2c1. The number of hydrogen-bond donors (Lipinski definition) is 1. The van der Waals surface area contributed by atoms with Crippen LogP contribution in [0.1, 0.15) is 33.3 Å². The number of aryl methyl sites for hydroxylation is 1. The molecule has 0 spiro atoms. The highest BCUT2D eigenvalue weighted by Gasteiger charge is 2.24. The average molecular weight is 381 g/mol. The number of aromatic amines is 1. The van der Waals surface area contributed by atoms with E-state index in [0.29, 0.717) is 10.9 Å². The van der Waals surface area contributed by atoms with Crippen molar-refractivity contribution in [2.75, 3.05) is 26.0 Å². The zero-order valence-electron chi connectivity index (χ0n) is 15.7. The van der Waals surface area contributed by atoms with Crippen molar-refractivity contribution in [2.45, 2.75) is 18.6 Å². The maximum absolute atomic E-state index is 13.0. The second kappa shape index (κ2) is 7.69. The van der Waals surface area contributed by atoms with E-state index in [1.165, 1.54) is 11.1 Å². The summed E-state index contributed by atoms with van der Waals surface area (Å²) in [5.41, 5.74) is 4.31. The number of nitrogens with zero attached hydrogens (tertiary/aromatic N) is 1. The Morgan fingerprint density at radius 2 is 2.04 bits per heavy atom. The smallest absolute Gasteiger partial charge is 0.270 e. The fraction of sp³-hybridized carbons (Fsp3) is 0.318. The standard InChI is InChI=1S/C22H24N2O2S/c1-15-5-3-4-6-18(15)21-9-10-24(11-12-27-21)22(25)20-13-16-7-8-17(26-2)14-19(16)23-20/h3-8,13-14,21,23H,9-12H2,1-2H3/t21-/m0/s1. The minimum absolute atomic E-state index is 0.0798. The highest BCUT2D eigenvalue weighted by Crippen LogP contribution is 2.36. The fourth-order valence-corrected chi connectivity index (χ4v) is 5.01. The van der Waals surface area contributed by atoms with Gasteiger partial charge in [0.1, 0.15) is 11.4 Å². The van der Waals surface area contributed by atoms with Crippen molar-refractivity contribution >= 4 is 28.6 Å². The maximum atomic E-state index is 13.0. The van der Waals surface area contributed by atoms with Crippen molar-refractivity contribution in [1.29, 1.82) is 0 Å². The summed E-state index contributed by atoms with van der Waals surface area (Å²) in [6.45, 7) is 3.73. The summed E-state index contributed by atoms with van der Waals surface area (Å²) in [5, 5.41) is 1.48. The Morgan fingerprint density at radius 1 is 1.19 bits per heavy atom. The van der Waals surface area contributed by atoms with Crippen LogP contribution in [0, 0.1) is 6.92 Å². The van der Waals surface area contributed by atoms with Crippen LogP contribution >= 0.6 is 11.8 Å². The Morgan fingerprint density at radius 3 is 2.85 bits per heavy atom. The molecule has 5 heteroatoms. The number of carbonyl (C=O) groups excluding carboxylic acids is 1. The van der Waals surface area contributed by atoms with E-state index in [0.717, 1.165) is 41.9 Å². The van der Waals surface area contributed by atoms with Crippen LogP contribution in [0.15, 0.2) is 48.5 Å². The van der Waals surface area contributed by atoms with Crippen LogP contribution < -0.4 is 4.74 Å². The van der Waals surface area contributed by atoms with E-state index in [1.54, 1.807) is 7.11 Å². The van der Waals surface area contributed by atoms with Gasteiger partial charge in [0.05, 0.1) is 7.11 Å². The van der Waals surface area contributed by atoms with Gasteiger partial charge in [-0.05, 0) is 42.7 Å². The number of hydrogen-bond acceptors (Lipinski definition) is 3. The van der Waals surface area contributed by atoms with E-state index < -0.39 is 0 Å². The molecule has 27 heavy (non-hydrogen) atoms. The minimum atomic E-state index is 0.0798. The number of benzene rings is 2. The summed E-state index contributed by atoms with van der Waals surface area (Å²) < 4.78 is 5.27. The summed E-state index contributed by atoms with van der Waals surface area (Å²) in [5.74, 6) is 1.82. The highest BCUT2D eigenvalue weighted by atomic mass is 32.2. The zero-order valence-corrected chi connectivity index (χ0v) is 16.5. The number of carbonyl (C=O) groups is 1. The molecule has 0 radical (unpaired) electrons. The van der Waals surface area contributed by atoms with Gasteiger partial charge in [-0.25, -0.2) is 0 Å². The molecule has 2 heterocycles. The first-order valence-electron chi connectivity index (χ1n) is 9.29. The van der Waals surface area contributed by atoms with Crippen molar-refractivity contribution in [3.8, 4) is 5.75 Å². The van der Waals surface area contributed by atoms with Crippen molar-refractivity contribution in [3.63, 3.8) is 0 Å². The Hall–Kier alpha value is -2.40. The largest absolute Gasteiger partial charge is 0.497 e. The number of ether oxygens (including phenoxy) is 1. The first-order chi connectivity index (χ1) is 13.2. The van der Waals surface area contributed by atoms with Gasteiger partial charge in [-0.2, -0.15) is 11.8 Å². The van der Waals surface area contributed by atoms with E-state index in [9.17, 15) is 4.79 Å². The number of fused-ring (bicyclic) bond motifs is 1. The lowest BCUT2D eigenvalue weighted by Gasteiger charge is -2.20. The van der Waals surface area contributed by atoms with Crippen LogP contribution in [0.2, 0.25) is 0 Å². The topological polar surface area (TPSA) is 45.3 Å². The summed E-state index contributed by atoms with van der Waals surface area (Å²) in [6, 6.07) is 16.3. The normalized spacial score (nSPS) is 17.7. The van der Waals surface area contributed by atoms with Crippen molar-refractivity contribution in [2.24, 2.45) is 0 Å². The third kappa shape index (κ3) is 3.69. The number of amides is 1. The molecule has 1 fully saturated rings. The fourth-order valence-electron chi connectivity index (χ4n) is 3.69. The molecule has 1 aliphatic heterocycles. The molecule has 140 valence electrons. The lowest BCUT2D eigenvalue weighted by Crippen LogP contribution is -2.33. The Balaban J connectivity index is 1.50. The van der Waals surface area contributed by atoms with Gasteiger partial charge in [-0.3, -0.25) is 4.79 Å². The van der Waals surface area contributed by atoms with Gasteiger partial charge in [0.15, 0.2) is 0 Å². The van der Waals surface area contributed by atoms with Gasteiger partial charge in [0.2, 0.25) is 0 Å². The molecule has 0 unspecified atom stereocenters. The molecule has 1 N–H and O–H groups in total. The first-order valence-corrected chi connectivity index (χ1v) is 10.3. The molecule has 1 aliphatic rings. The van der Waals surface area contributed by atoms with Gasteiger partial charge in [0.25, 0.3) is 5.91 Å². The summed E-state index contributed by atoms with van der Waals surface area (Å²) in [6.07, 6.45) is 0.981. The van der Waals surface area contributed by atoms with Crippen molar-refractivity contribution < 1.29 is 9.53 Å². The lowest BCUT2D eigenvalue weighted by atomic mass is 10.0. The molecular formula is C22H24N2O2S. The molecule has 0 aliphatic carbocycles. The molecule has 4 rings (SSSR count).